The van der Waals surface area contributed by atoms with Gasteiger partial charge in [-0.05, 0) is 50.1 Å². The highest BCUT2D eigenvalue weighted by molar-refractivity contribution is 5.97. The Hall–Kier alpha value is -2.82. The number of nitrogens with zero attached hydrogens (tertiary/aromatic N) is 3. The minimum absolute atomic E-state index is 0.105. The van der Waals surface area contributed by atoms with Crippen molar-refractivity contribution >= 4 is 5.91 Å². The molecule has 0 aliphatic rings. The van der Waals surface area contributed by atoms with E-state index in [4.69, 9.17) is 0 Å². The fourth-order valence-corrected chi connectivity index (χ4v) is 2.58. The molecule has 1 aromatic carbocycles. The van der Waals surface area contributed by atoms with Gasteiger partial charge in [-0.3, -0.25) is 4.79 Å². The van der Waals surface area contributed by atoms with Crippen LogP contribution in [0.25, 0.3) is 11.5 Å². The number of benzene rings is 1. The van der Waals surface area contributed by atoms with Crippen molar-refractivity contribution in [3.63, 3.8) is 0 Å². The highest BCUT2D eigenvalue weighted by Crippen LogP contribution is 2.20. The molecule has 3 rings (SSSR count). The number of aryl methyl sites for hydroxylation is 1. The van der Waals surface area contributed by atoms with Gasteiger partial charge in [0.1, 0.15) is 5.56 Å². The molecule has 0 bridgehead atoms. The number of aromatic nitrogens is 3. The van der Waals surface area contributed by atoms with Gasteiger partial charge >= 0.3 is 0 Å². The van der Waals surface area contributed by atoms with Crippen molar-refractivity contribution in [2.45, 2.75) is 33.2 Å². The Morgan fingerprint density at radius 2 is 2.00 bits per heavy atom. The summed E-state index contributed by atoms with van der Waals surface area (Å²) < 4.78 is 3.72. The Morgan fingerprint density at radius 3 is 2.67 bits per heavy atom. The maximum atomic E-state index is 12.7. The summed E-state index contributed by atoms with van der Waals surface area (Å²) >= 11 is 0. The highest BCUT2D eigenvalue weighted by atomic mass is 16.1. The molecule has 0 fully saturated rings. The molecule has 0 spiro atoms. The van der Waals surface area contributed by atoms with Gasteiger partial charge in [0.05, 0.1) is 11.9 Å². The Labute approximate surface area is 141 Å². The van der Waals surface area contributed by atoms with E-state index in [0.29, 0.717) is 5.56 Å². The molecule has 2 heterocycles. The summed E-state index contributed by atoms with van der Waals surface area (Å²) in [6.45, 7) is 6.09. The van der Waals surface area contributed by atoms with Crippen molar-refractivity contribution in [2.75, 3.05) is 0 Å². The quantitative estimate of drug-likeness (QED) is 0.781. The van der Waals surface area contributed by atoms with Crippen LogP contribution in [-0.2, 0) is 0 Å². The zero-order valence-corrected chi connectivity index (χ0v) is 14.2. The number of carbonyl (C=O) groups excluding carboxylic acids is 1. The summed E-state index contributed by atoms with van der Waals surface area (Å²) in [6.07, 6.45) is 6.36. The number of carbonyl (C=O) groups is 1. The first-order chi connectivity index (χ1) is 11.6. The maximum Gasteiger partial charge on any atom is 0.256 e. The maximum absolute atomic E-state index is 12.7. The minimum atomic E-state index is -0.105. The molecule has 3 aromatic rings. The van der Waals surface area contributed by atoms with Crippen molar-refractivity contribution in [3.8, 4) is 11.5 Å². The Kier molecular flexibility index (Phi) is 4.51. The lowest BCUT2D eigenvalue weighted by Crippen LogP contribution is -2.32. The average molecular weight is 322 g/mol. The van der Waals surface area contributed by atoms with Gasteiger partial charge in [-0.2, -0.15) is 5.10 Å². The van der Waals surface area contributed by atoms with E-state index in [9.17, 15) is 4.79 Å². The summed E-state index contributed by atoms with van der Waals surface area (Å²) in [5.41, 5.74) is 2.64. The predicted octanol–water partition coefficient (Wildman–Crippen LogP) is 3.50. The number of amides is 1. The molecule has 0 unspecified atom stereocenters. The van der Waals surface area contributed by atoms with E-state index in [0.717, 1.165) is 23.5 Å². The van der Waals surface area contributed by atoms with E-state index in [1.54, 1.807) is 10.9 Å². The van der Waals surface area contributed by atoms with Crippen LogP contribution in [-0.4, -0.2) is 26.3 Å². The lowest BCUT2D eigenvalue weighted by Gasteiger charge is -2.14. The lowest BCUT2D eigenvalue weighted by molar-refractivity contribution is 0.0939. The molecule has 124 valence electrons. The normalized spacial score (nSPS) is 12.1. The third-order valence-electron chi connectivity index (χ3n) is 4.07. The monoisotopic (exact) mass is 322 g/mol. The van der Waals surface area contributed by atoms with E-state index in [-0.39, 0.29) is 11.9 Å². The SMILES string of the molecule is CC[C@H](C)NC(=O)c1cnn(-c2cccc(C)c2)c1-n1cccc1. The molecule has 0 saturated heterocycles. The Bertz CT molecular complexity index is 833. The second-order valence-corrected chi connectivity index (χ2v) is 6.01. The van der Waals surface area contributed by atoms with Crippen LogP contribution in [0.15, 0.2) is 55.0 Å². The topological polar surface area (TPSA) is 51.9 Å². The first kappa shape index (κ1) is 16.1. The van der Waals surface area contributed by atoms with Crippen molar-refractivity contribution < 1.29 is 4.79 Å². The van der Waals surface area contributed by atoms with Crippen LogP contribution < -0.4 is 5.32 Å². The summed E-state index contributed by atoms with van der Waals surface area (Å²) in [5.74, 6) is 0.637. The average Bonchev–Trinajstić information content (AvgIpc) is 3.23. The predicted molar refractivity (Wildman–Crippen MR) is 94.8 cm³/mol. The van der Waals surface area contributed by atoms with Gasteiger partial charge in [-0.1, -0.05) is 19.1 Å². The summed E-state index contributed by atoms with van der Waals surface area (Å²) in [5, 5.41) is 7.49. The third-order valence-corrected chi connectivity index (χ3v) is 4.07. The summed E-state index contributed by atoms with van der Waals surface area (Å²) in [7, 11) is 0. The largest absolute Gasteiger partial charge is 0.349 e. The standard InChI is InChI=1S/C19H22N4O/c1-4-15(3)21-18(24)17-13-20-23(16-9-7-8-14(2)12-16)19(17)22-10-5-6-11-22/h5-13,15H,4H2,1-3H3,(H,21,24)/t15-/m0/s1. The second kappa shape index (κ2) is 6.74. The van der Waals surface area contributed by atoms with Crippen LogP contribution in [0.2, 0.25) is 0 Å². The van der Waals surface area contributed by atoms with Crippen molar-refractivity contribution in [1.29, 1.82) is 0 Å². The van der Waals surface area contributed by atoms with Gasteiger partial charge < -0.3 is 9.88 Å². The second-order valence-electron chi connectivity index (χ2n) is 6.01. The van der Waals surface area contributed by atoms with Crippen LogP contribution >= 0.6 is 0 Å². The van der Waals surface area contributed by atoms with E-state index < -0.39 is 0 Å². The van der Waals surface area contributed by atoms with E-state index in [1.807, 2.05) is 68.1 Å². The van der Waals surface area contributed by atoms with Crippen molar-refractivity contribution in [2.24, 2.45) is 0 Å². The van der Waals surface area contributed by atoms with Crippen LogP contribution in [0.4, 0.5) is 0 Å². The van der Waals surface area contributed by atoms with E-state index in [1.165, 1.54) is 0 Å². The van der Waals surface area contributed by atoms with Gasteiger partial charge in [0.15, 0.2) is 5.82 Å². The molecular formula is C19H22N4O. The molecule has 0 aliphatic carbocycles. The third kappa shape index (κ3) is 3.11. The molecule has 5 heteroatoms. The molecule has 1 atom stereocenters. The molecule has 0 radical (unpaired) electrons. The van der Waals surface area contributed by atoms with Gasteiger partial charge in [-0.15, -0.1) is 0 Å². The smallest absolute Gasteiger partial charge is 0.256 e. The number of nitrogens with one attached hydrogen (secondary N) is 1. The molecule has 1 amide bonds. The fraction of sp³-hybridized carbons (Fsp3) is 0.263. The number of rotatable bonds is 5. The molecule has 24 heavy (non-hydrogen) atoms. The molecular weight excluding hydrogens is 300 g/mol. The Morgan fingerprint density at radius 1 is 1.25 bits per heavy atom. The highest BCUT2D eigenvalue weighted by Gasteiger charge is 2.20. The van der Waals surface area contributed by atoms with Crippen molar-refractivity contribution in [1.82, 2.24) is 19.7 Å². The van der Waals surface area contributed by atoms with Gasteiger partial charge in [0.2, 0.25) is 0 Å². The minimum Gasteiger partial charge on any atom is -0.349 e. The van der Waals surface area contributed by atoms with E-state index >= 15 is 0 Å². The van der Waals surface area contributed by atoms with Crippen LogP contribution in [0, 0.1) is 6.92 Å². The fourth-order valence-electron chi connectivity index (χ4n) is 2.58. The van der Waals surface area contributed by atoms with Crippen LogP contribution in [0.3, 0.4) is 0 Å². The molecule has 0 saturated carbocycles. The van der Waals surface area contributed by atoms with Gasteiger partial charge in [0.25, 0.3) is 5.91 Å². The van der Waals surface area contributed by atoms with Crippen LogP contribution in [0.1, 0.15) is 36.2 Å². The Balaban J connectivity index is 2.10. The number of hydrogen-bond donors (Lipinski definition) is 1. The first-order valence-electron chi connectivity index (χ1n) is 8.19. The number of hydrogen-bond acceptors (Lipinski definition) is 2. The molecule has 1 N–H and O–H groups in total. The van der Waals surface area contributed by atoms with Crippen LogP contribution in [0.5, 0.6) is 0 Å². The van der Waals surface area contributed by atoms with Gasteiger partial charge in [0, 0.05) is 18.4 Å². The zero-order valence-electron chi connectivity index (χ0n) is 14.2. The van der Waals surface area contributed by atoms with Gasteiger partial charge in [-0.25, -0.2) is 4.68 Å². The lowest BCUT2D eigenvalue weighted by atomic mass is 10.2. The molecule has 0 aliphatic heterocycles. The zero-order chi connectivity index (χ0) is 17.1. The molecule has 5 nitrogen and oxygen atoms in total. The van der Waals surface area contributed by atoms with Crippen molar-refractivity contribution in [3.05, 3.63) is 66.1 Å². The van der Waals surface area contributed by atoms with E-state index in [2.05, 4.69) is 16.5 Å². The first-order valence-corrected chi connectivity index (χ1v) is 8.19. The summed E-state index contributed by atoms with van der Waals surface area (Å²) in [6, 6.07) is 12.1. The summed E-state index contributed by atoms with van der Waals surface area (Å²) in [4.78, 5) is 12.7. The molecule has 2 aromatic heterocycles.